The lowest BCUT2D eigenvalue weighted by molar-refractivity contribution is -0.402. The predicted octanol–water partition coefficient (Wildman–Crippen LogP) is 2.04. The standard InChI is InChI=1S/C9H11NO4/c1-3-6(2)9(11)7-4-5-8(14-7)10(12)13/h3-6,9,11H,1H2,2H3/t6-,9-/m0/s1. The summed E-state index contributed by atoms with van der Waals surface area (Å²) in [6, 6.07) is 2.61. The first kappa shape index (κ1) is 10.5. The Kier molecular flexibility index (Phi) is 3.03. The van der Waals surface area contributed by atoms with Crippen LogP contribution in [0.1, 0.15) is 18.8 Å². The summed E-state index contributed by atoms with van der Waals surface area (Å²) in [5, 5.41) is 19.9. The minimum atomic E-state index is -0.888. The van der Waals surface area contributed by atoms with Gasteiger partial charge < -0.3 is 9.52 Å². The van der Waals surface area contributed by atoms with Gasteiger partial charge in [0.1, 0.15) is 16.8 Å². The molecule has 2 atom stereocenters. The van der Waals surface area contributed by atoms with Crippen LogP contribution in [-0.4, -0.2) is 10.0 Å². The van der Waals surface area contributed by atoms with E-state index < -0.39 is 11.0 Å². The number of furan rings is 1. The zero-order valence-electron chi connectivity index (χ0n) is 7.71. The molecule has 0 aromatic carbocycles. The highest BCUT2D eigenvalue weighted by Gasteiger charge is 2.20. The van der Waals surface area contributed by atoms with Gasteiger partial charge in [-0.1, -0.05) is 13.0 Å². The van der Waals surface area contributed by atoms with Crippen molar-refractivity contribution in [2.75, 3.05) is 0 Å². The molecule has 0 spiro atoms. The molecule has 0 amide bonds. The van der Waals surface area contributed by atoms with Gasteiger partial charge in [-0.2, -0.15) is 0 Å². The third-order valence-electron chi connectivity index (χ3n) is 1.95. The number of nitrogens with zero attached hydrogens (tertiary/aromatic N) is 1. The van der Waals surface area contributed by atoms with Crippen LogP contribution in [0.15, 0.2) is 29.2 Å². The minimum Gasteiger partial charge on any atom is -0.403 e. The summed E-state index contributed by atoms with van der Waals surface area (Å²) >= 11 is 0. The van der Waals surface area contributed by atoms with Crippen molar-refractivity contribution < 1.29 is 14.4 Å². The second-order valence-corrected chi connectivity index (χ2v) is 2.97. The molecule has 1 heterocycles. The highest BCUT2D eigenvalue weighted by atomic mass is 16.6. The zero-order chi connectivity index (χ0) is 10.7. The lowest BCUT2D eigenvalue weighted by atomic mass is 10.0. The molecule has 5 heteroatoms. The van der Waals surface area contributed by atoms with Crippen LogP contribution in [0.25, 0.3) is 0 Å². The molecule has 0 aliphatic carbocycles. The predicted molar refractivity (Wildman–Crippen MR) is 49.7 cm³/mol. The highest BCUT2D eigenvalue weighted by Crippen LogP contribution is 2.26. The van der Waals surface area contributed by atoms with Gasteiger partial charge in [-0.15, -0.1) is 6.58 Å². The second kappa shape index (κ2) is 4.06. The van der Waals surface area contributed by atoms with Crippen molar-refractivity contribution in [1.29, 1.82) is 0 Å². The number of nitro groups is 1. The summed E-state index contributed by atoms with van der Waals surface area (Å²) in [6.45, 7) is 5.26. The van der Waals surface area contributed by atoms with E-state index in [2.05, 4.69) is 6.58 Å². The molecule has 0 saturated heterocycles. The van der Waals surface area contributed by atoms with E-state index in [1.807, 2.05) is 0 Å². The third kappa shape index (κ3) is 2.00. The van der Waals surface area contributed by atoms with Gasteiger partial charge in [-0.25, -0.2) is 0 Å². The molecule has 1 rings (SSSR count). The molecule has 0 aliphatic heterocycles. The molecule has 14 heavy (non-hydrogen) atoms. The lowest BCUT2D eigenvalue weighted by Crippen LogP contribution is -2.04. The summed E-state index contributed by atoms with van der Waals surface area (Å²) in [5.74, 6) is -0.389. The van der Waals surface area contributed by atoms with Crippen LogP contribution in [0.5, 0.6) is 0 Å². The minimum absolute atomic E-state index is 0.184. The highest BCUT2D eigenvalue weighted by molar-refractivity contribution is 5.19. The largest absolute Gasteiger partial charge is 0.433 e. The molecule has 0 bridgehead atoms. The van der Waals surface area contributed by atoms with E-state index >= 15 is 0 Å². The topological polar surface area (TPSA) is 76.5 Å². The first-order chi connectivity index (χ1) is 6.56. The Morgan fingerprint density at radius 3 is 2.79 bits per heavy atom. The monoisotopic (exact) mass is 197 g/mol. The number of rotatable bonds is 4. The molecule has 0 radical (unpaired) electrons. The lowest BCUT2D eigenvalue weighted by Gasteiger charge is -2.11. The Labute approximate surface area is 80.8 Å². The molecule has 1 N–H and O–H groups in total. The molecule has 76 valence electrons. The molecule has 0 fully saturated rings. The van der Waals surface area contributed by atoms with Gasteiger partial charge in [-0.3, -0.25) is 10.1 Å². The maximum absolute atomic E-state index is 10.3. The van der Waals surface area contributed by atoms with Crippen LogP contribution >= 0.6 is 0 Å². The van der Waals surface area contributed by atoms with Gasteiger partial charge in [0.15, 0.2) is 0 Å². The smallest absolute Gasteiger partial charge is 0.403 e. The Morgan fingerprint density at radius 1 is 1.71 bits per heavy atom. The normalized spacial score (nSPS) is 14.7. The second-order valence-electron chi connectivity index (χ2n) is 2.97. The van der Waals surface area contributed by atoms with Gasteiger partial charge in [0, 0.05) is 5.92 Å². The number of aliphatic hydroxyl groups is 1. The van der Waals surface area contributed by atoms with E-state index in [1.165, 1.54) is 12.1 Å². The molecule has 1 aromatic heterocycles. The summed E-state index contributed by atoms with van der Waals surface area (Å²) in [4.78, 5) is 9.64. The summed E-state index contributed by atoms with van der Waals surface area (Å²) < 4.78 is 4.83. The fourth-order valence-electron chi connectivity index (χ4n) is 0.987. The van der Waals surface area contributed by atoms with Crippen LogP contribution < -0.4 is 0 Å². The first-order valence-electron chi connectivity index (χ1n) is 4.11. The van der Waals surface area contributed by atoms with Crippen molar-refractivity contribution >= 4 is 5.88 Å². The Morgan fingerprint density at radius 2 is 2.36 bits per heavy atom. The Hall–Kier alpha value is -1.62. The van der Waals surface area contributed by atoms with Crippen molar-refractivity contribution in [3.8, 4) is 0 Å². The van der Waals surface area contributed by atoms with Crippen molar-refractivity contribution in [1.82, 2.24) is 0 Å². The average Bonchev–Trinajstić information content (AvgIpc) is 2.64. The summed E-state index contributed by atoms with van der Waals surface area (Å²) in [6.07, 6.45) is 0.667. The quantitative estimate of drug-likeness (QED) is 0.455. The number of hydrogen-bond acceptors (Lipinski definition) is 4. The molecular formula is C9H11NO4. The average molecular weight is 197 g/mol. The molecule has 1 aromatic rings. The van der Waals surface area contributed by atoms with E-state index in [1.54, 1.807) is 13.0 Å². The molecule has 0 unspecified atom stereocenters. The number of aliphatic hydroxyl groups excluding tert-OH is 1. The van der Waals surface area contributed by atoms with Crippen molar-refractivity contribution in [2.24, 2.45) is 5.92 Å². The molecule has 5 nitrogen and oxygen atoms in total. The first-order valence-corrected chi connectivity index (χ1v) is 4.11. The van der Waals surface area contributed by atoms with E-state index in [-0.39, 0.29) is 17.6 Å². The fraction of sp³-hybridized carbons (Fsp3) is 0.333. The van der Waals surface area contributed by atoms with E-state index in [9.17, 15) is 15.2 Å². The maximum Gasteiger partial charge on any atom is 0.433 e. The van der Waals surface area contributed by atoms with Gasteiger partial charge in [0.2, 0.25) is 0 Å². The molecule has 0 aliphatic rings. The van der Waals surface area contributed by atoms with Crippen LogP contribution in [-0.2, 0) is 0 Å². The van der Waals surface area contributed by atoms with Crippen LogP contribution in [0, 0.1) is 16.0 Å². The van der Waals surface area contributed by atoms with Crippen LogP contribution in [0.3, 0.4) is 0 Å². The van der Waals surface area contributed by atoms with E-state index in [4.69, 9.17) is 4.42 Å². The summed E-state index contributed by atoms with van der Waals surface area (Å²) in [7, 11) is 0. The van der Waals surface area contributed by atoms with Crippen LogP contribution in [0.2, 0.25) is 0 Å². The number of hydrogen-bond donors (Lipinski definition) is 1. The Bertz CT molecular complexity index is 344. The van der Waals surface area contributed by atoms with Crippen molar-refractivity contribution in [2.45, 2.75) is 13.0 Å². The third-order valence-corrected chi connectivity index (χ3v) is 1.95. The van der Waals surface area contributed by atoms with E-state index in [0.717, 1.165) is 0 Å². The zero-order valence-corrected chi connectivity index (χ0v) is 7.71. The SMILES string of the molecule is C=C[C@H](C)[C@H](O)c1ccc([N+](=O)[O-])o1. The van der Waals surface area contributed by atoms with Crippen LogP contribution in [0.4, 0.5) is 5.88 Å². The van der Waals surface area contributed by atoms with Crippen molar-refractivity contribution in [3.05, 3.63) is 40.7 Å². The Balaban J connectivity index is 2.86. The molecular weight excluding hydrogens is 186 g/mol. The summed E-state index contributed by atoms with van der Waals surface area (Å²) in [5.41, 5.74) is 0. The van der Waals surface area contributed by atoms with E-state index in [0.29, 0.717) is 0 Å². The van der Waals surface area contributed by atoms with Gasteiger partial charge in [0.25, 0.3) is 0 Å². The van der Waals surface area contributed by atoms with Crippen molar-refractivity contribution in [3.63, 3.8) is 0 Å². The maximum atomic E-state index is 10.3. The molecule has 0 saturated carbocycles. The van der Waals surface area contributed by atoms with Gasteiger partial charge in [0.05, 0.1) is 6.07 Å². The van der Waals surface area contributed by atoms with Gasteiger partial charge in [-0.05, 0) is 6.07 Å². The van der Waals surface area contributed by atoms with Gasteiger partial charge >= 0.3 is 5.88 Å². The fourth-order valence-corrected chi connectivity index (χ4v) is 0.987.